The molecule has 3 rings (SSSR count). The molecule has 1 heterocycles. The van der Waals surface area contributed by atoms with Gasteiger partial charge in [-0.25, -0.2) is 0 Å². The van der Waals surface area contributed by atoms with Crippen LogP contribution in [0.5, 0.6) is 11.5 Å². The summed E-state index contributed by atoms with van der Waals surface area (Å²) >= 11 is 1.62. The fourth-order valence-electron chi connectivity index (χ4n) is 2.53. The van der Waals surface area contributed by atoms with Gasteiger partial charge in [-0.15, -0.1) is 16.9 Å². The molecule has 0 saturated heterocycles. The van der Waals surface area contributed by atoms with Gasteiger partial charge >= 0.3 is 6.01 Å². The highest BCUT2D eigenvalue weighted by molar-refractivity contribution is 7.99. The van der Waals surface area contributed by atoms with Crippen LogP contribution in [0.3, 0.4) is 0 Å². The highest BCUT2D eigenvalue weighted by Crippen LogP contribution is 2.32. The molecule has 2 aromatic carbocycles. The molecule has 0 spiro atoms. The standard InChI is InChI=1S/C21H23N3O4S/c1-3-26-17-11-10-15(14-18(17)27-4-2)20-23-24-21(28-20)22-19(25)12-13-29-16-8-6-5-7-9-16/h5-11,14H,3-4,12-13H2,1-2H3,(H,22,24,25). The van der Waals surface area contributed by atoms with Gasteiger partial charge in [0.05, 0.1) is 13.2 Å². The van der Waals surface area contributed by atoms with E-state index in [0.717, 1.165) is 4.90 Å². The van der Waals surface area contributed by atoms with E-state index in [2.05, 4.69) is 15.5 Å². The first-order valence-electron chi connectivity index (χ1n) is 9.40. The van der Waals surface area contributed by atoms with Gasteiger partial charge in [-0.1, -0.05) is 23.3 Å². The summed E-state index contributed by atoms with van der Waals surface area (Å²) in [5.41, 5.74) is 0.685. The Bertz CT molecular complexity index is 931. The predicted octanol–water partition coefficient (Wildman–Crippen LogP) is 4.65. The van der Waals surface area contributed by atoms with Crippen molar-refractivity contribution in [2.75, 3.05) is 24.3 Å². The zero-order valence-electron chi connectivity index (χ0n) is 16.4. The highest BCUT2D eigenvalue weighted by atomic mass is 32.2. The van der Waals surface area contributed by atoms with Gasteiger partial charge in [0.25, 0.3) is 0 Å². The van der Waals surface area contributed by atoms with Gasteiger partial charge in [0, 0.05) is 22.6 Å². The Labute approximate surface area is 173 Å². The van der Waals surface area contributed by atoms with Crippen LogP contribution in [-0.4, -0.2) is 35.1 Å². The molecule has 29 heavy (non-hydrogen) atoms. The topological polar surface area (TPSA) is 86.5 Å². The Morgan fingerprint density at radius 1 is 1.03 bits per heavy atom. The van der Waals surface area contributed by atoms with E-state index in [1.807, 2.05) is 50.2 Å². The molecule has 1 N–H and O–H groups in total. The number of nitrogens with one attached hydrogen (secondary N) is 1. The molecule has 0 aliphatic heterocycles. The van der Waals surface area contributed by atoms with Gasteiger partial charge in [0.15, 0.2) is 11.5 Å². The lowest BCUT2D eigenvalue weighted by atomic mass is 10.2. The minimum atomic E-state index is -0.176. The van der Waals surface area contributed by atoms with Crippen LogP contribution in [0.4, 0.5) is 6.01 Å². The molecule has 3 aromatic rings. The summed E-state index contributed by atoms with van der Waals surface area (Å²) < 4.78 is 16.8. The van der Waals surface area contributed by atoms with Crippen molar-refractivity contribution in [1.29, 1.82) is 0 Å². The average Bonchev–Trinajstić information content (AvgIpc) is 3.19. The maximum Gasteiger partial charge on any atom is 0.322 e. The van der Waals surface area contributed by atoms with Gasteiger partial charge in [0.2, 0.25) is 11.8 Å². The fourth-order valence-corrected chi connectivity index (χ4v) is 3.41. The van der Waals surface area contributed by atoms with Crippen molar-refractivity contribution in [3.63, 3.8) is 0 Å². The van der Waals surface area contributed by atoms with E-state index >= 15 is 0 Å². The molecule has 7 nitrogen and oxygen atoms in total. The monoisotopic (exact) mass is 413 g/mol. The van der Waals surface area contributed by atoms with Gasteiger partial charge in [-0.3, -0.25) is 10.1 Å². The molecule has 0 unspecified atom stereocenters. The Morgan fingerprint density at radius 2 is 1.79 bits per heavy atom. The quantitative estimate of drug-likeness (QED) is 0.484. The van der Waals surface area contributed by atoms with E-state index in [1.165, 1.54) is 0 Å². The number of amides is 1. The van der Waals surface area contributed by atoms with E-state index in [9.17, 15) is 4.79 Å². The fraction of sp³-hybridized carbons (Fsp3) is 0.286. The number of benzene rings is 2. The Hall–Kier alpha value is -3.00. The second-order valence-corrected chi connectivity index (χ2v) is 7.07. The van der Waals surface area contributed by atoms with Crippen molar-refractivity contribution in [1.82, 2.24) is 10.2 Å². The van der Waals surface area contributed by atoms with Crippen molar-refractivity contribution in [3.8, 4) is 23.0 Å². The van der Waals surface area contributed by atoms with Gasteiger partial charge < -0.3 is 13.9 Å². The molecule has 0 aliphatic rings. The number of ether oxygens (including phenoxy) is 2. The number of anilines is 1. The number of carbonyl (C=O) groups is 1. The molecule has 1 aromatic heterocycles. The van der Waals surface area contributed by atoms with Crippen molar-refractivity contribution >= 4 is 23.7 Å². The van der Waals surface area contributed by atoms with Crippen molar-refractivity contribution in [2.45, 2.75) is 25.2 Å². The molecule has 0 radical (unpaired) electrons. The van der Waals surface area contributed by atoms with Gasteiger partial charge in [0.1, 0.15) is 0 Å². The molecular weight excluding hydrogens is 390 g/mol. The summed E-state index contributed by atoms with van der Waals surface area (Å²) in [6.07, 6.45) is 0.342. The number of rotatable bonds is 10. The van der Waals surface area contributed by atoms with Crippen LogP contribution in [-0.2, 0) is 4.79 Å². The van der Waals surface area contributed by atoms with E-state index in [4.69, 9.17) is 13.9 Å². The molecule has 152 valence electrons. The smallest absolute Gasteiger partial charge is 0.322 e. The first kappa shape index (κ1) is 20.7. The van der Waals surface area contributed by atoms with Crippen molar-refractivity contribution < 1.29 is 18.7 Å². The minimum Gasteiger partial charge on any atom is -0.490 e. The Morgan fingerprint density at radius 3 is 2.55 bits per heavy atom. The second-order valence-electron chi connectivity index (χ2n) is 5.90. The number of carbonyl (C=O) groups excluding carboxylic acids is 1. The normalized spacial score (nSPS) is 10.6. The molecule has 0 bridgehead atoms. The average molecular weight is 413 g/mol. The van der Waals surface area contributed by atoms with Crippen molar-refractivity contribution in [3.05, 3.63) is 48.5 Å². The third-order valence-corrected chi connectivity index (χ3v) is 4.82. The minimum absolute atomic E-state index is 0.0709. The van der Waals surface area contributed by atoms with E-state index in [0.29, 0.717) is 48.3 Å². The first-order chi connectivity index (χ1) is 14.2. The molecule has 8 heteroatoms. The van der Waals surface area contributed by atoms with Crippen LogP contribution >= 0.6 is 11.8 Å². The molecule has 1 amide bonds. The summed E-state index contributed by atoms with van der Waals surface area (Å²) in [5, 5.41) is 10.6. The summed E-state index contributed by atoms with van der Waals surface area (Å²) in [6.45, 7) is 4.86. The van der Waals surface area contributed by atoms with Gasteiger partial charge in [-0.05, 0) is 44.2 Å². The summed E-state index contributed by atoms with van der Waals surface area (Å²) in [4.78, 5) is 13.2. The lowest BCUT2D eigenvalue weighted by molar-refractivity contribution is -0.115. The largest absolute Gasteiger partial charge is 0.490 e. The summed E-state index contributed by atoms with van der Waals surface area (Å²) in [5.74, 6) is 2.04. The zero-order chi connectivity index (χ0) is 20.5. The van der Waals surface area contributed by atoms with Crippen molar-refractivity contribution in [2.24, 2.45) is 0 Å². The van der Waals surface area contributed by atoms with Gasteiger partial charge in [-0.2, -0.15) is 0 Å². The van der Waals surface area contributed by atoms with Crippen LogP contribution in [0.1, 0.15) is 20.3 Å². The maximum atomic E-state index is 12.1. The number of hydrogen-bond donors (Lipinski definition) is 1. The van der Waals surface area contributed by atoms with Crippen LogP contribution in [0.15, 0.2) is 57.8 Å². The SMILES string of the molecule is CCOc1ccc(-c2nnc(NC(=O)CCSc3ccccc3)o2)cc1OCC. The zero-order valence-corrected chi connectivity index (χ0v) is 17.2. The Balaban J connectivity index is 1.58. The third-order valence-electron chi connectivity index (χ3n) is 3.80. The number of thioether (sulfide) groups is 1. The predicted molar refractivity (Wildman–Crippen MR) is 112 cm³/mol. The molecule has 0 atom stereocenters. The molecule has 0 saturated carbocycles. The lowest BCUT2D eigenvalue weighted by Gasteiger charge is -2.11. The van der Waals surface area contributed by atoms with Crippen LogP contribution in [0, 0.1) is 0 Å². The van der Waals surface area contributed by atoms with Crippen LogP contribution < -0.4 is 14.8 Å². The first-order valence-corrected chi connectivity index (χ1v) is 10.4. The molecule has 0 aliphatic carbocycles. The van der Waals surface area contributed by atoms with Crippen LogP contribution in [0.2, 0.25) is 0 Å². The lowest BCUT2D eigenvalue weighted by Crippen LogP contribution is -2.12. The van der Waals surface area contributed by atoms with E-state index in [1.54, 1.807) is 23.9 Å². The Kier molecular flexibility index (Phi) is 7.52. The summed E-state index contributed by atoms with van der Waals surface area (Å²) in [7, 11) is 0. The van der Waals surface area contributed by atoms with Crippen LogP contribution in [0.25, 0.3) is 11.5 Å². The van der Waals surface area contributed by atoms with E-state index < -0.39 is 0 Å². The second kappa shape index (κ2) is 10.5. The molecule has 0 fully saturated rings. The summed E-state index contributed by atoms with van der Waals surface area (Å²) in [6, 6.07) is 15.4. The van der Waals surface area contributed by atoms with E-state index in [-0.39, 0.29) is 11.9 Å². The number of nitrogens with zero attached hydrogens (tertiary/aromatic N) is 2. The molecular formula is C21H23N3O4S. The number of aromatic nitrogens is 2. The number of hydrogen-bond acceptors (Lipinski definition) is 7. The third kappa shape index (κ3) is 5.99. The maximum absolute atomic E-state index is 12.1. The highest BCUT2D eigenvalue weighted by Gasteiger charge is 2.14.